The van der Waals surface area contributed by atoms with Crippen LogP contribution in [0.2, 0.25) is 0 Å². The van der Waals surface area contributed by atoms with Crippen LogP contribution in [0.4, 0.5) is 4.79 Å². The number of terminal acetylenes is 1. The Labute approximate surface area is 84.0 Å². The second kappa shape index (κ2) is 4.14. The summed E-state index contributed by atoms with van der Waals surface area (Å²) in [4.78, 5) is 21.8. The fourth-order valence-corrected chi connectivity index (χ4v) is 0.615. The fraction of sp³-hybridized carbons (Fsp3) is 0.600. The standard InChI is InChI=1S/C10H15NO3/c1-6-10(5,7-12)11-8(13)14-9(2,3)4/h1,7H,2-5H3,(H,11,13)/t10-/m1/s1. The predicted octanol–water partition coefficient (Wildman–Crippen LogP) is 1.10. The molecule has 0 saturated heterocycles. The Hall–Kier alpha value is -1.50. The van der Waals surface area contributed by atoms with Crippen LogP contribution in [-0.2, 0) is 9.53 Å². The number of aldehydes is 1. The van der Waals surface area contributed by atoms with E-state index in [1.54, 1.807) is 20.8 Å². The Bertz CT molecular complexity index is 272. The molecule has 78 valence electrons. The summed E-state index contributed by atoms with van der Waals surface area (Å²) in [5.74, 6) is 2.16. The molecular formula is C10H15NO3. The monoisotopic (exact) mass is 197 g/mol. The van der Waals surface area contributed by atoms with Gasteiger partial charge in [0.1, 0.15) is 5.60 Å². The quantitative estimate of drug-likeness (QED) is 0.532. The van der Waals surface area contributed by atoms with Crippen molar-refractivity contribution in [3.8, 4) is 12.3 Å². The molecule has 0 fully saturated rings. The number of rotatable bonds is 2. The van der Waals surface area contributed by atoms with E-state index in [1.165, 1.54) is 6.92 Å². The van der Waals surface area contributed by atoms with E-state index < -0.39 is 17.2 Å². The minimum Gasteiger partial charge on any atom is -0.444 e. The third-order valence-corrected chi connectivity index (χ3v) is 1.30. The normalized spacial score (nSPS) is 14.8. The second-order valence-corrected chi connectivity index (χ2v) is 4.09. The molecule has 0 aromatic carbocycles. The van der Waals surface area contributed by atoms with E-state index in [0.717, 1.165) is 0 Å². The molecule has 0 unspecified atom stereocenters. The van der Waals surface area contributed by atoms with Crippen molar-refractivity contribution in [2.75, 3.05) is 0 Å². The molecule has 0 aliphatic rings. The molecule has 0 heterocycles. The van der Waals surface area contributed by atoms with E-state index in [1.807, 2.05) is 0 Å². The van der Waals surface area contributed by atoms with Gasteiger partial charge in [-0.15, -0.1) is 6.42 Å². The van der Waals surface area contributed by atoms with Crippen LogP contribution >= 0.6 is 0 Å². The molecule has 4 heteroatoms. The van der Waals surface area contributed by atoms with Crippen molar-refractivity contribution in [2.24, 2.45) is 0 Å². The molecule has 1 atom stereocenters. The van der Waals surface area contributed by atoms with Crippen LogP contribution in [0.1, 0.15) is 27.7 Å². The van der Waals surface area contributed by atoms with Crippen LogP contribution in [0.15, 0.2) is 0 Å². The number of ether oxygens (including phenoxy) is 1. The van der Waals surface area contributed by atoms with Crippen molar-refractivity contribution >= 4 is 12.4 Å². The largest absolute Gasteiger partial charge is 0.444 e. The Morgan fingerprint density at radius 3 is 2.21 bits per heavy atom. The molecule has 0 aromatic rings. The lowest BCUT2D eigenvalue weighted by Gasteiger charge is -2.23. The van der Waals surface area contributed by atoms with Crippen molar-refractivity contribution in [3.63, 3.8) is 0 Å². The minimum absolute atomic E-state index is 0.483. The lowest BCUT2D eigenvalue weighted by atomic mass is 10.1. The highest BCUT2D eigenvalue weighted by molar-refractivity contribution is 5.79. The van der Waals surface area contributed by atoms with Crippen molar-refractivity contribution in [3.05, 3.63) is 0 Å². The van der Waals surface area contributed by atoms with Crippen LogP contribution in [0.5, 0.6) is 0 Å². The first-order chi connectivity index (χ1) is 6.22. The van der Waals surface area contributed by atoms with E-state index in [2.05, 4.69) is 11.2 Å². The topological polar surface area (TPSA) is 55.4 Å². The molecule has 0 aliphatic carbocycles. The number of alkyl carbamates (subject to hydrolysis) is 1. The zero-order valence-corrected chi connectivity index (χ0v) is 8.88. The van der Waals surface area contributed by atoms with Gasteiger partial charge in [0.25, 0.3) is 0 Å². The number of carbonyl (C=O) groups excluding carboxylic acids is 2. The molecular weight excluding hydrogens is 182 g/mol. The highest BCUT2D eigenvalue weighted by Gasteiger charge is 2.26. The Morgan fingerprint density at radius 2 is 1.93 bits per heavy atom. The van der Waals surface area contributed by atoms with Gasteiger partial charge >= 0.3 is 6.09 Å². The smallest absolute Gasteiger partial charge is 0.409 e. The molecule has 4 nitrogen and oxygen atoms in total. The summed E-state index contributed by atoms with van der Waals surface area (Å²) in [6.07, 6.45) is 4.86. The SMILES string of the molecule is C#C[C@](C)(C=O)NC(=O)OC(C)(C)C. The molecule has 14 heavy (non-hydrogen) atoms. The lowest BCUT2D eigenvalue weighted by Crippen LogP contribution is -2.48. The maximum Gasteiger partial charge on any atom is 0.409 e. The highest BCUT2D eigenvalue weighted by Crippen LogP contribution is 2.08. The number of hydrogen-bond acceptors (Lipinski definition) is 3. The van der Waals surface area contributed by atoms with Gasteiger partial charge in [0.05, 0.1) is 0 Å². The Kier molecular flexibility index (Phi) is 3.70. The highest BCUT2D eigenvalue weighted by atomic mass is 16.6. The predicted molar refractivity (Wildman–Crippen MR) is 52.7 cm³/mol. The van der Waals surface area contributed by atoms with Gasteiger partial charge in [0.15, 0.2) is 11.8 Å². The summed E-state index contributed by atoms with van der Waals surface area (Å²) in [6, 6.07) is 0. The summed E-state index contributed by atoms with van der Waals surface area (Å²) < 4.78 is 4.93. The molecule has 1 amide bonds. The van der Waals surface area contributed by atoms with Gasteiger partial charge < -0.3 is 4.74 Å². The number of amides is 1. The number of carbonyl (C=O) groups is 2. The van der Waals surface area contributed by atoms with Gasteiger partial charge in [-0.05, 0) is 27.7 Å². The molecule has 0 radical (unpaired) electrons. The average molecular weight is 197 g/mol. The van der Waals surface area contributed by atoms with Crippen LogP contribution in [-0.4, -0.2) is 23.5 Å². The van der Waals surface area contributed by atoms with Crippen LogP contribution in [0, 0.1) is 12.3 Å². The van der Waals surface area contributed by atoms with Gasteiger partial charge in [0, 0.05) is 0 Å². The summed E-state index contributed by atoms with van der Waals surface area (Å²) in [6.45, 7) is 6.59. The second-order valence-electron chi connectivity index (χ2n) is 4.09. The molecule has 0 saturated carbocycles. The molecule has 0 aromatic heterocycles. The van der Waals surface area contributed by atoms with Crippen LogP contribution in [0.3, 0.4) is 0 Å². The van der Waals surface area contributed by atoms with E-state index in [-0.39, 0.29) is 0 Å². The van der Waals surface area contributed by atoms with Gasteiger partial charge in [-0.2, -0.15) is 0 Å². The van der Waals surface area contributed by atoms with Crippen LogP contribution in [0.25, 0.3) is 0 Å². The van der Waals surface area contributed by atoms with E-state index in [9.17, 15) is 9.59 Å². The number of nitrogens with one attached hydrogen (secondary N) is 1. The molecule has 0 bridgehead atoms. The summed E-state index contributed by atoms with van der Waals surface area (Å²) in [5, 5.41) is 2.28. The first kappa shape index (κ1) is 12.5. The van der Waals surface area contributed by atoms with Crippen LogP contribution < -0.4 is 5.32 Å². The summed E-state index contributed by atoms with van der Waals surface area (Å²) in [7, 11) is 0. The maximum absolute atomic E-state index is 11.2. The molecule has 0 rings (SSSR count). The fourth-order valence-electron chi connectivity index (χ4n) is 0.615. The first-order valence-corrected chi connectivity index (χ1v) is 4.18. The van der Waals surface area contributed by atoms with Gasteiger partial charge in [-0.25, -0.2) is 4.79 Å². The van der Waals surface area contributed by atoms with Gasteiger partial charge in [-0.3, -0.25) is 10.1 Å². The van der Waals surface area contributed by atoms with Crippen molar-refractivity contribution in [2.45, 2.75) is 38.8 Å². The lowest BCUT2D eigenvalue weighted by molar-refractivity contribution is -0.111. The van der Waals surface area contributed by atoms with E-state index in [0.29, 0.717) is 6.29 Å². The molecule has 1 N–H and O–H groups in total. The Balaban J connectivity index is 4.35. The third kappa shape index (κ3) is 4.51. The Morgan fingerprint density at radius 1 is 1.43 bits per heavy atom. The van der Waals surface area contributed by atoms with Gasteiger partial charge in [0.2, 0.25) is 0 Å². The van der Waals surface area contributed by atoms with Crippen molar-refractivity contribution in [1.29, 1.82) is 0 Å². The van der Waals surface area contributed by atoms with E-state index >= 15 is 0 Å². The minimum atomic E-state index is -1.30. The maximum atomic E-state index is 11.2. The zero-order valence-electron chi connectivity index (χ0n) is 8.88. The zero-order chi connectivity index (χ0) is 11.4. The van der Waals surface area contributed by atoms with Crippen molar-refractivity contribution in [1.82, 2.24) is 5.32 Å². The summed E-state index contributed by atoms with van der Waals surface area (Å²) in [5.41, 5.74) is -1.91. The average Bonchev–Trinajstić information content (AvgIpc) is 2.00. The third-order valence-electron chi connectivity index (χ3n) is 1.30. The molecule has 0 spiro atoms. The first-order valence-electron chi connectivity index (χ1n) is 4.18. The van der Waals surface area contributed by atoms with E-state index in [4.69, 9.17) is 11.2 Å². The van der Waals surface area contributed by atoms with Crippen molar-refractivity contribution < 1.29 is 14.3 Å². The van der Waals surface area contributed by atoms with Gasteiger partial charge in [-0.1, -0.05) is 5.92 Å². The summed E-state index contributed by atoms with van der Waals surface area (Å²) >= 11 is 0. The molecule has 0 aliphatic heterocycles. The number of hydrogen-bond donors (Lipinski definition) is 1.